The van der Waals surface area contributed by atoms with Gasteiger partial charge in [0.05, 0.1) is 6.26 Å². The van der Waals surface area contributed by atoms with Crippen LogP contribution in [0.2, 0.25) is 0 Å². The van der Waals surface area contributed by atoms with Gasteiger partial charge in [0, 0.05) is 50.6 Å². The Bertz CT molecular complexity index is 460. The molecule has 1 saturated heterocycles. The molecule has 0 spiro atoms. The molecule has 2 atom stereocenters. The molecule has 1 amide bonds. The summed E-state index contributed by atoms with van der Waals surface area (Å²) in [6, 6.07) is 3.67. The minimum absolute atomic E-state index is 0.00893. The highest BCUT2D eigenvalue weighted by Gasteiger charge is 2.32. The fourth-order valence-electron chi connectivity index (χ4n) is 2.44. The minimum atomic E-state index is -0.0359. The van der Waals surface area contributed by atoms with Crippen LogP contribution < -0.4 is 0 Å². The van der Waals surface area contributed by atoms with Gasteiger partial charge in [-0.1, -0.05) is 11.8 Å². The van der Waals surface area contributed by atoms with E-state index in [1.807, 2.05) is 12.1 Å². The summed E-state index contributed by atoms with van der Waals surface area (Å²) in [5.41, 5.74) is 0. The van der Waals surface area contributed by atoms with Crippen LogP contribution in [0.5, 0.6) is 0 Å². The monoisotopic (exact) mass is 297 g/mol. The molecule has 6 heteroatoms. The van der Waals surface area contributed by atoms with E-state index in [9.17, 15) is 14.7 Å². The Morgan fingerprint density at radius 2 is 2.45 bits per heavy atom. The molecule has 2 rings (SSSR count). The maximum atomic E-state index is 11.9. The highest BCUT2D eigenvalue weighted by Crippen LogP contribution is 2.25. The van der Waals surface area contributed by atoms with Gasteiger partial charge in [0.25, 0.3) is 0 Å². The van der Waals surface area contributed by atoms with E-state index in [4.69, 9.17) is 4.42 Å². The Morgan fingerprint density at radius 3 is 3.05 bits per heavy atom. The molecule has 1 N–H and O–H groups in total. The smallest absolute Gasteiger partial charge is 0.223 e. The second-order valence-corrected chi connectivity index (χ2v) is 6.54. The Kier molecular flexibility index (Phi) is 5.25. The highest BCUT2D eigenvalue weighted by atomic mass is 32.2. The lowest BCUT2D eigenvalue weighted by atomic mass is 10.0. The molecular formula is C14H19NO4S. The summed E-state index contributed by atoms with van der Waals surface area (Å²) in [5, 5.41) is 9.53. The maximum Gasteiger partial charge on any atom is 0.223 e. The molecule has 5 nitrogen and oxygen atoms in total. The van der Waals surface area contributed by atoms with Crippen molar-refractivity contribution in [3.63, 3.8) is 0 Å². The number of carbonyl (C=O) groups excluding carboxylic acids is 2. The Labute approximate surface area is 122 Å². The number of nitrogens with zero attached hydrogens (tertiary/aromatic N) is 1. The summed E-state index contributed by atoms with van der Waals surface area (Å²) in [7, 11) is 0. The first-order valence-electron chi connectivity index (χ1n) is 6.66. The molecule has 1 aliphatic rings. The van der Waals surface area contributed by atoms with E-state index >= 15 is 0 Å². The number of aliphatic hydroxyl groups is 1. The number of rotatable bonds is 6. The van der Waals surface area contributed by atoms with Crippen LogP contribution in [0, 0.1) is 5.92 Å². The molecule has 1 aromatic rings. The lowest BCUT2D eigenvalue weighted by Gasteiger charge is -2.22. The van der Waals surface area contributed by atoms with Crippen molar-refractivity contribution in [3.8, 4) is 0 Å². The van der Waals surface area contributed by atoms with Crippen molar-refractivity contribution in [1.29, 1.82) is 0 Å². The Morgan fingerprint density at radius 1 is 1.65 bits per heavy atom. The standard InChI is InChI=1S/C14H19NO4S/c1-10(17)20-13-6-14(18)15(8-13)7-11(9-16)5-12-3-2-4-19-12/h2-4,11,13,16H,5-9H2,1H3. The number of amides is 1. The number of aliphatic hydroxyl groups excluding tert-OH is 1. The quantitative estimate of drug-likeness (QED) is 0.857. The van der Waals surface area contributed by atoms with Gasteiger partial charge in [-0.3, -0.25) is 9.59 Å². The van der Waals surface area contributed by atoms with Crippen LogP contribution in [0.15, 0.2) is 22.8 Å². The summed E-state index contributed by atoms with van der Waals surface area (Å²) in [6.45, 7) is 2.61. The fourth-order valence-corrected chi connectivity index (χ4v) is 3.39. The summed E-state index contributed by atoms with van der Waals surface area (Å²) in [6.07, 6.45) is 2.62. The van der Waals surface area contributed by atoms with Crippen LogP contribution >= 0.6 is 11.8 Å². The van der Waals surface area contributed by atoms with Crippen LogP contribution in [0.25, 0.3) is 0 Å². The molecule has 1 aromatic heterocycles. The number of furan rings is 1. The summed E-state index contributed by atoms with van der Waals surface area (Å²) >= 11 is 1.23. The minimum Gasteiger partial charge on any atom is -0.469 e. The molecule has 20 heavy (non-hydrogen) atoms. The van der Waals surface area contributed by atoms with Crippen molar-refractivity contribution in [2.24, 2.45) is 5.92 Å². The normalized spacial score (nSPS) is 20.4. The zero-order chi connectivity index (χ0) is 14.5. The molecule has 2 unspecified atom stereocenters. The highest BCUT2D eigenvalue weighted by molar-refractivity contribution is 8.14. The van der Waals surface area contributed by atoms with Gasteiger partial charge in [0.15, 0.2) is 5.12 Å². The number of likely N-dealkylation sites (tertiary alicyclic amines) is 1. The van der Waals surface area contributed by atoms with Crippen molar-refractivity contribution >= 4 is 22.8 Å². The van der Waals surface area contributed by atoms with Crippen LogP contribution in [0.3, 0.4) is 0 Å². The van der Waals surface area contributed by atoms with E-state index < -0.39 is 0 Å². The van der Waals surface area contributed by atoms with Gasteiger partial charge in [-0.05, 0) is 12.1 Å². The molecule has 1 aliphatic heterocycles. The maximum absolute atomic E-state index is 11.9. The second-order valence-electron chi connectivity index (χ2n) is 5.07. The summed E-state index contributed by atoms with van der Waals surface area (Å²) in [5.74, 6) is 0.832. The largest absolute Gasteiger partial charge is 0.469 e. The molecule has 0 bridgehead atoms. The molecule has 0 aromatic carbocycles. The molecule has 2 heterocycles. The third-order valence-electron chi connectivity index (χ3n) is 3.32. The first-order chi connectivity index (χ1) is 9.58. The van der Waals surface area contributed by atoms with Crippen LogP contribution in [-0.2, 0) is 16.0 Å². The lowest BCUT2D eigenvalue weighted by Crippen LogP contribution is -2.33. The average molecular weight is 297 g/mol. The van der Waals surface area contributed by atoms with Crippen molar-refractivity contribution in [2.45, 2.75) is 25.0 Å². The van der Waals surface area contributed by atoms with E-state index in [0.717, 1.165) is 5.76 Å². The van der Waals surface area contributed by atoms with Gasteiger partial charge in [0.1, 0.15) is 5.76 Å². The molecule has 0 saturated carbocycles. The first-order valence-corrected chi connectivity index (χ1v) is 7.54. The van der Waals surface area contributed by atoms with E-state index in [1.54, 1.807) is 11.2 Å². The van der Waals surface area contributed by atoms with Gasteiger partial charge < -0.3 is 14.4 Å². The third-order valence-corrected chi connectivity index (χ3v) is 4.30. The molecule has 1 fully saturated rings. The lowest BCUT2D eigenvalue weighted by molar-refractivity contribution is -0.128. The average Bonchev–Trinajstić information content (AvgIpc) is 2.99. The van der Waals surface area contributed by atoms with Gasteiger partial charge in [-0.25, -0.2) is 0 Å². The third kappa shape index (κ3) is 4.11. The van der Waals surface area contributed by atoms with Crippen molar-refractivity contribution in [1.82, 2.24) is 4.90 Å². The van der Waals surface area contributed by atoms with E-state index in [1.165, 1.54) is 18.7 Å². The molecule has 0 aliphatic carbocycles. The summed E-state index contributed by atoms with van der Waals surface area (Å²) < 4.78 is 5.27. The zero-order valence-corrected chi connectivity index (χ0v) is 12.3. The van der Waals surface area contributed by atoms with Gasteiger partial charge in [-0.15, -0.1) is 0 Å². The number of hydrogen-bond acceptors (Lipinski definition) is 5. The van der Waals surface area contributed by atoms with Gasteiger partial charge >= 0.3 is 0 Å². The SMILES string of the molecule is CC(=O)SC1CC(=O)N(CC(CO)Cc2ccco2)C1. The Hall–Kier alpha value is -1.27. The predicted molar refractivity (Wildman–Crippen MR) is 76.2 cm³/mol. The van der Waals surface area contributed by atoms with Crippen molar-refractivity contribution < 1.29 is 19.1 Å². The predicted octanol–water partition coefficient (Wildman–Crippen LogP) is 1.31. The summed E-state index contributed by atoms with van der Waals surface area (Å²) in [4.78, 5) is 24.7. The zero-order valence-electron chi connectivity index (χ0n) is 11.4. The van der Waals surface area contributed by atoms with Crippen LogP contribution in [0.4, 0.5) is 0 Å². The van der Waals surface area contributed by atoms with Crippen LogP contribution in [0.1, 0.15) is 19.1 Å². The van der Waals surface area contributed by atoms with E-state index in [-0.39, 0.29) is 28.8 Å². The van der Waals surface area contributed by atoms with Gasteiger partial charge in [-0.2, -0.15) is 0 Å². The van der Waals surface area contributed by atoms with Gasteiger partial charge in [0.2, 0.25) is 5.91 Å². The Balaban J connectivity index is 1.87. The number of hydrogen-bond donors (Lipinski definition) is 1. The fraction of sp³-hybridized carbons (Fsp3) is 0.571. The van der Waals surface area contributed by atoms with E-state index in [0.29, 0.717) is 25.9 Å². The van der Waals surface area contributed by atoms with E-state index in [2.05, 4.69) is 0 Å². The number of carbonyl (C=O) groups is 2. The first kappa shape index (κ1) is 15.1. The van der Waals surface area contributed by atoms with Crippen molar-refractivity contribution in [2.75, 3.05) is 19.7 Å². The molecule has 0 radical (unpaired) electrons. The number of thioether (sulfide) groups is 1. The second kappa shape index (κ2) is 6.95. The van der Waals surface area contributed by atoms with Crippen LogP contribution in [-0.4, -0.2) is 46.0 Å². The molecular weight excluding hydrogens is 278 g/mol. The van der Waals surface area contributed by atoms with Crippen molar-refractivity contribution in [3.05, 3.63) is 24.2 Å². The molecule has 110 valence electrons. The topological polar surface area (TPSA) is 70.8 Å².